The number of hydrogen-bond acceptors (Lipinski definition) is 6. The first kappa shape index (κ1) is 26.7. The molecule has 0 aliphatic rings. The van der Waals surface area contributed by atoms with Gasteiger partial charge in [-0.1, -0.05) is 18.5 Å². The lowest BCUT2D eigenvalue weighted by Crippen LogP contribution is -2.44. The SMILES string of the molecule is CCc1c(C(F)(F)F)n(C)c(=O)n(-c2cc(SC(C)C(=O)OCCC=O)c(Cl)cc2F)c1=O. The number of aromatic nitrogens is 2. The number of ether oxygens (including phenoxy) is 1. The molecule has 0 N–H and O–H groups in total. The fourth-order valence-electron chi connectivity index (χ4n) is 3.01. The van der Waals surface area contributed by atoms with E-state index in [-0.39, 0.29) is 33.9 Å². The molecule has 0 amide bonds. The first-order chi connectivity index (χ1) is 15.3. The second-order valence-electron chi connectivity index (χ2n) is 6.78. The second-order valence-corrected chi connectivity index (χ2v) is 8.57. The molecule has 1 heterocycles. The van der Waals surface area contributed by atoms with Crippen LogP contribution in [0.5, 0.6) is 0 Å². The Labute approximate surface area is 194 Å². The lowest BCUT2D eigenvalue weighted by atomic mass is 10.1. The molecule has 0 aliphatic carbocycles. The van der Waals surface area contributed by atoms with Crippen molar-refractivity contribution in [2.45, 2.75) is 43.0 Å². The molecule has 0 radical (unpaired) electrons. The Morgan fingerprint density at radius 3 is 2.48 bits per heavy atom. The largest absolute Gasteiger partial charge is 0.464 e. The van der Waals surface area contributed by atoms with E-state index < -0.39 is 51.4 Å². The van der Waals surface area contributed by atoms with Crippen LogP contribution in [0.15, 0.2) is 26.6 Å². The van der Waals surface area contributed by atoms with Gasteiger partial charge >= 0.3 is 17.8 Å². The number of rotatable bonds is 8. The van der Waals surface area contributed by atoms with Crippen molar-refractivity contribution in [1.29, 1.82) is 0 Å². The van der Waals surface area contributed by atoms with E-state index in [2.05, 4.69) is 0 Å². The van der Waals surface area contributed by atoms with Crippen LogP contribution in [0.2, 0.25) is 5.02 Å². The standard InChI is InChI=1S/C20H19ClF4N2O5S/c1-4-11-16(20(23,24)25)26(3)19(31)27(17(11)29)14-9-15(12(21)8-13(14)22)33-10(2)18(30)32-7-5-6-28/h6,8-10H,4-5,7H2,1-3H3. The molecule has 33 heavy (non-hydrogen) atoms. The third-order valence-electron chi connectivity index (χ3n) is 4.54. The number of alkyl halides is 3. The van der Waals surface area contributed by atoms with E-state index in [1.165, 1.54) is 13.8 Å². The number of thioether (sulfide) groups is 1. The van der Waals surface area contributed by atoms with Gasteiger partial charge in [0.1, 0.15) is 23.0 Å². The summed E-state index contributed by atoms with van der Waals surface area (Å²) in [5.41, 5.74) is -5.45. The zero-order chi connectivity index (χ0) is 25.1. The van der Waals surface area contributed by atoms with Gasteiger partial charge in [-0.25, -0.2) is 13.8 Å². The molecular weight excluding hydrogens is 492 g/mol. The smallest absolute Gasteiger partial charge is 0.432 e. The van der Waals surface area contributed by atoms with Crippen LogP contribution in [-0.4, -0.2) is 33.2 Å². The maximum Gasteiger partial charge on any atom is 0.432 e. The van der Waals surface area contributed by atoms with Crippen LogP contribution in [0.3, 0.4) is 0 Å². The monoisotopic (exact) mass is 510 g/mol. The molecule has 0 saturated carbocycles. The lowest BCUT2D eigenvalue weighted by Gasteiger charge is -2.19. The second kappa shape index (κ2) is 10.6. The molecule has 0 fully saturated rings. The van der Waals surface area contributed by atoms with Crippen molar-refractivity contribution < 1.29 is 31.9 Å². The molecular formula is C20H19ClF4N2O5S. The van der Waals surface area contributed by atoms with Crippen molar-refractivity contribution in [3.63, 3.8) is 0 Å². The number of nitrogens with zero attached hydrogens (tertiary/aromatic N) is 2. The Morgan fingerprint density at radius 1 is 1.30 bits per heavy atom. The molecule has 1 unspecified atom stereocenters. The zero-order valence-corrected chi connectivity index (χ0v) is 19.2. The fourth-order valence-corrected chi connectivity index (χ4v) is 4.19. The summed E-state index contributed by atoms with van der Waals surface area (Å²) in [6.07, 6.45) is -4.76. The van der Waals surface area contributed by atoms with Gasteiger partial charge in [0.15, 0.2) is 0 Å². The van der Waals surface area contributed by atoms with Gasteiger partial charge < -0.3 is 9.53 Å². The number of carbonyl (C=O) groups is 2. The van der Waals surface area contributed by atoms with Crippen molar-refractivity contribution in [2.24, 2.45) is 7.05 Å². The van der Waals surface area contributed by atoms with Crippen LogP contribution < -0.4 is 11.2 Å². The summed E-state index contributed by atoms with van der Waals surface area (Å²) in [6, 6.07) is 1.80. The highest BCUT2D eigenvalue weighted by molar-refractivity contribution is 8.00. The van der Waals surface area contributed by atoms with Crippen molar-refractivity contribution >= 4 is 35.6 Å². The Balaban J connectivity index is 2.62. The van der Waals surface area contributed by atoms with Crippen LogP contribution >= 0.6 is 23.4 Å². The lowest BCUT2D eigenvalue weighted by molar-refractivity contribution is -0.145. The van der Waals surface area contributed by atoms with E-state index in [4.69, 9.17) is 16.3 Å². The molecule has 1 aromatic heterocycles. The predicted molar refractivity (Wildman–Crippen MR) is 114 cm³/mol. The van der Waals surface area contributed by atoms with Crippen LogP contribution in [0.4, 0.5) is 17.6 Å². The van der Waals surface area contributed by atoms with Gasteiger partial charge in [0.25, 0.3) is 5.56 Å². The molecule has 0 aliphatic heterocycles. The van der Waals surface area contributed by atoms with E-state index in [0.29, 0.717) is 10.9 Å². The predicted octanol–water partition coefficient (Wildman–Crippen LogP) is 3.52. The first-order valence-corrected chi connectivity index (χ1v) is 10.8. The zero-order valence-electron chi connectivity index (χ0n) is 17.7. The Bertz CT molecular complexity index is 1190. The molecule has 2 rings (SSSR count). The fraction of sp³-hybridized carbons (Fsp3) is 0.400. The molecule has 1 aromatic carbocycles. The highest BCUT2D eigenvalue weighted by atomic mass is 35.5. The number of hydrogen-bond donors (Lipinski definition) is 0. The third-order valence-corrected chi connectivity index (χ3v) is 6.10. The molecule has 2 aromatic rings. The van der Waals surface area contributed by atoms with Gasteiger partial charge in [0.05, 0.1) is 17.3 Å². The van der Waals surface area contributed by atoms with Crippen molar-refractivity contribution in [1.82, 2.24) is 9.13 Å². The first-order valence-electron chi connectivity index (χ1n) is 9.53. The van der Waals surface area contributed by atoms with E-state index in [0.717, 1.165) is 30.9 Å². The van der Waals surface area contributed by atoms with Crippen molar-refractivity contribution in [2.75, 3.05) is 6.61 Å². The Hall–Kier alpha value is -2.60. The number of benzene rings is 1. The number of esters is 1. The Morgan fingerprint density at radius 2 is 1.94 bits per heavy atom. The van der Waals surface area contributed by atoms with E-state index in [1.807, 2.05) is 0 Å². The summed E-state index contributed by atoms with van der Waals surface area (Å²) in [4.78, 5) is 47.9. The summed E-state index contributed by atoms with van der Waals surface area (Å²) in [5, 5.41) is -1.02. The molecule has 7 nitrogen and oxygen atoms in total. The molecule has 13 heteroatoms. The summed E-state index contributed by atoms with van der Waals surface area (Å²) in [7, 11) is 0.834. The number of halogens is 5. The van der Waals surface area contributed by atoms with Gasteiger partial charge in [0, 0.05) is 23.9 Å². The number of aldehydes is 1. The topological polar surface area (TPSA) is 87.4 Å². The van der Waals surface area contributed by atoms with Gasteiger partial charge in [-0.05, 0) is 25.5 Å². The molecule has 1 atom stereocenters. The van der Waals surface area contributed by atoms with Crippen LogP contribution in [0.1, 0.15) is 31.5 Å². The average Bonchev–Trinajstić information content (AvgIpc) is 2.72. The van der Waals surface area contributed by atoms with Crippen LogP contribution in [-0.2, 0) is 34.0 Å². The van der Waals surface area contributed by atoms with Crippen molar-refractivity contribution in [3.8, 4) is 5.69 Å². The molecule has 0 bridgehead atoms. The maximum atomic E-state index is 14.7. The molecule has 180 valence electrons. The number of carbonyl (C=O) groups excluding carboxylic acids is 2. The van der Waals surface area contributed by atoms with E-state index >= 15 is 0 Å². The minimum absolute atomic E-state index is 0.00444. The Kier molecular flexibility index (Phi) is 8.52. The van der Waals surface area contributed by atoms with Gasteiger partial charge in [-0.2, -0.15) is 13.2 Å². The quantitative estimate of drug-likeness (QED) is 0.177. The van der Waals surface area contributed by atoms with Gasteiger partial charge in [-0.15, -0.1) is 11.8 Å². The maximum absolute atomic E-state index is 14.7. The van der Waals surface area contributed by atoms with E-state index in [1.54, 1.807) is 0 Å². The minimum atomic E-state index is -4.98. The third kappa shape index (κ3) is 5.67. The summed E-state index contributed by atoms with van der Waals surface area (Å²) >= 11 is 6.86. The summed E-state index contributed by atoms with van der Waals surface area (Å²) < 4.78 is 60.5. The van der Waals surface area contributed by atoms with Gasteiger partial charge in [0.2, 0.25) is 0 Å². The van der Waals surface area contributed by atoms with Crippen LogP contribution in [0.25, 0.3) is 5.69 Å². The van der Waals surface area contributed by atoms with Gasteiger partial charge in [-0.3, -0.25) is 14.2 Å². The summed E-state index contributed by atoms with van der Waals surface area (Å²) in [5.74, 6) is -1.81. The summed E-state index contributed by atoms with van der Waals surface area (Å²) in [6.45, 7) is 2.62. The molecule has 0 saturated heterocycles. The minimum Gasteiger partial charge on any atom is -0.464 e. The highest BCUT2D eigenvalue weighted by Gasteiger charge is 2.38. The average molecular weight is 511 g/mol. The van der Waals surface area contributed by atoms with Crippen molar-refractivity contribution in [3.05, 3.63) is 55.1 Å². The molecule has 0 spiro atoms. The van der Waals surface area contributed by atoms with Crippen LogP contribution in [0, 0.1) is 5.82 Å². The highest BCUT2D eigenvalue weighted by Crippen LogP contribution is 2.34. The van der Waals surface area contributed by atoms with E-state index in [9.17, 15) is 36.7 Å². The normalized spacial score (nSPS) is 12.5.